The van der Waals surface area contributed by atoms with Gasteiger partial charge in [0, 0.05) is 0 Å². The van der Waals surface area contributed by atoms with E-state index in [0.29, 0.717) is 18.4 Å². The first-order valence-electron chi connectivity index (χ1n) is 6.73. The lowest BCUT2D eigenvalue weighted by Crippen LogP contribution is -2.27. The summed E-state index contributed by atoms with van der Waals surface area (Å²) < 4.78 is 5.20. The van der Waals surface area contributed by atoms with Crippen LogP contribution in [0, 0.1) is 17.8 Å². The van der Waals surface area contributed by atoms with Crippen molar-refractivity contribution in [3.05, 3.63) is 0 Å². The standard InChI is InChI=1S/C14H28O2/c1-6-9-12(7-2)13(10-11(4)5)14(15)16-8-3/h11-13H,6-10H2,1-5H3. The maximum atomic E-state index is 11.9. The molecule has 0 aliphatic carbocycles. The van der Waals surface area contributed by atoms with Crippen LogP contribution in [0.5, 0.6) is 0 Å². The molecular formula is C14H28O2. The maximum Gasteiger partial charge on any atom is 0.309 e. The fourth-order valence-electron chi connectivity index (χ4n) is 2.30. The summed E-state index contributed by atoms with van der Waals surface area (Å²) in [4.78, 5) is 11.9. The summed E-state index contributed by atoms with van der Waals surface area (Å²) in [6, 6.07) is 0. The maximum absolute atomic E-state index is 11.9. The first kappa shape index (κ1) is 15.5. The van der Waals surface area contributed by atoms with Gasteiger partial charge in [0.05, 0.1) is 12.5 Å². The van der Waals surface area contributed by atoms with Crippen LogP contribution < -0.4 is 0 Å². The highest BCUT2D eigenvalue weighted by Crippen LogP contribution is 2.28. The molecule has 0 aliphatic rings. The highest BCUT2D eigenvalue weighted by molar-refractivity contribution is 5.72. The van der Waals surface area contributed by atoms with Crippen LogP contribution in [0.3, 0.4) is 0 Å². The predicted molar refractivity (Wildman–Crippen MR) is 68.3 cm³/mol. The Kier molecular flexibility index (Phi) is 8.32. The SMILES string of the molecule is CCCC(CC)C(CC(C)C)C(=O)OCC. The summed E-state index contributed by atoms with van der Waals surface area (Å²) in [5.41, 5.74) is 0. The van der Waals surface area contributed by atoms with Crippen LogP contribution in [0.2, 0.25) is 0 Å². The first-order chi connectivity index (χ1) is 7.56. The summed E-state index contributed by atoms with van der Waals surface area (Å²) in [5, 5.41) is 0. The number of hydrogen-bond donors (Lipinski definition) is 0. The highest BCUT2D eigenvalue weighted by Gasteiger charge is 2.28. The molecule has 0 saturated carbocycles. The molecule has 0 amide bonds. The molecule has 2 atom stereocenters. The van der Waals surface area contributed by atoms with Crippen LogP contribution in [-0.2, 0) is 9.53 Å². The van der Waals surface area contributed by atoms with Crippen molar-refractivity contribution >= 4 is 5.97 Å². The molecule has 0 aliphatic heterocycles. The molecule has 0 rings (SSSR count). The Labute approximate surface area is 101 Å². The molecule has 0 bridgehead atoms. The van der Waals surface area contributed by atoms with E-state index in [0.717, 1.165) is 25.7 Å². The largest absolute Gasteiger partial charge is 0.466 e. The van der Waals surface area contributed by atoms with Crippen molar-refractivity contribution in [2.45, 2.75) is 60.3 Å². The molecule has 0 spiro atoms. The molecule has 0 aromatic rings. The molecule has 0 N–H and O–H groups in total. The van der Waals surface area contributed by atoms with Gasteiger partial charge in [-0.2, -0.15) is 0 Å². The van der Waals surface area contributed by atoms with Gasteiger partial charge in [-0.25, -0.2) is 0 Å². The van der Waals surface area contributed by atoms with E-state index >= 15 is 0 Å². The van der Waals surface area contributed by atoms with E-state index < -0.39 is 0 Å². The van der Waals surface area contributed by atoms with Crippen LogP contribution in [-0.4, -0.2) is 12.6 Å². The first-order valence-corrected chi connectivity index (χ1v) is 6.73. The Balaban J connectivity index is 4.54. The Morgan fingerprint density at radius 1 is 1.19 bits per heavy atom. The lowest BCUT2D eigenvalue weighted by Gasteiger charge is -2.25. The molecule has 2 unspecified atom stereocenters. The van der Waals surface area contributed by atoms with Gasteiger partial charge < -0.3 is 4.74 Å². The molecule has 0 heterocycles. The summed E-state index contributed by atoms with van der Waals surface area (Å²) in [6.45, 7) is 11.1. The number of carbonyl (C=O) groups is 1. The van der Waals surface area contributed by atoms with Crippen LogP contribution in [0.15, 0.2) is 0 Å². The molecule has 0 aromatic carbocycles. The normalized spacial score (nSPS) is 14.9. The fraction of sp³-hybridized carbons (Fsp3) is 0.929. The summed E-state index contributed by atoms with van der Waals surface area (Å²) >= 11 is 0. The lowest BCUT2D eigenvalue weighted by molar-refractivity contribution is -0.151. The van der Waals surface area contributed by atoms with E-state index in [2.05, 4.69) is 27.7 Å². The van der Waals surface area contributed by atoms with Crippen LogP contribution in [0.25, 0.3) is 0 Å². The quantitative estimate of drug-likeness (QED) is 0.586. The summed E-state index contributed by atoms with van der Waals surface area (Å²) in [5.74, 6) is 1.16. The smallest absolute Gasteiger partial charge is 0.309 e. The second-order valence-corrected chi connectivity index (χ2v) is 4.95. The van der Waals surface area contributed by atoms with Crippen molar-refractivity contribution in [2.24, 2.45) is 17.8 Å². The van der Waals surface area contributed by atoms with Gasteiger partial charge in [0.2, 0.25) is 0 Å². The number of carbonyl (C=O) groups excluding carboxylic acids is 1. The molecule has 2 nitrogen and oxygen atoms in total. The summed E-state index contributed by atoms with van der Waals surface area (Å²) in [6.07, 6.45) is 4.31. The van der Waals surface area contributed by atoms with Crippen molar-refractivity contribution in [2.75, 3.05) is 6.61 Å². The van der Waals surface area contributed by atoms with Crippen molar-refractivity contribution in [3.63, 3.8) is 0 Å². The number of rotatable bonds is 8. The van der Waals surface area contributed by atoms with Gasteiger partial charge in [-0.15, -0.1) is 0 Å². The zero-order valence-electron chi connectivity index (χ0n) is 11.6. The van der Waals surface area contributed by atoms with Crippen LogP contribution >= 0.6 is 0 Å². The van der Waals surface area contributed by atoms with Crippen LogP contribution in [0.4, 0.5) is 0 Å². The second-order valence-electron chi connectivity index (χ2n) is 4.95. The van der Waals surface area contributed by atoms with Gasteiger partial charge in [0.1, 0.15) is 0 Å². The van der Waals surface area contributed by atoms with Gasteiger partial charge in [-0.3, -0.25) is 4.79 Å². The summed E-state index contributed by atoms with van der Waals surface area (Å²) in [7, 11) is 0. The minimum Gasteiger partial charge on any atom is -0.466 e. The lowest BCUT2D eigenvalue weighted by atomic mass is 9.81. The monoisotopic (exact) mass is 228 g/mol. The molecule has 2 heteroatoms. The number of esters is 1. The van der Waals surface area contributed by atoms with E-state index in [-0.39, 0.29) is 11.9 Å². The zero-order chi connectivity index (χ0) is 12.6. The Morgan fingerprint density at radius 2 is 1.81 bits per heavy atom. The average molecular weight is 228 g/mol. The third-order valence-corrected chi connectivity index (χ3v) is 3.07. The molecule has 0 saturated heterocycles. The molecular weight excluding hydrogens is 200 g/mol. The number of ether oxygens (including phenoxy) is 1. The van der Waals surface area contributed by atoms with Crippen molar-refractivity contribution in [1.29, 1.82) is 0 Å². The van der Waals surface area contributed by atoms with Gasteiger partial charge in [-0.05, 0) is 31.6 Å². The zero-order valence-corrected chi connectivity index (χ0v) is 11.6. The van der Waals surface area contributed by atoms with E-state index in [1.807, 2.05) is 6.92 Å². The molecule has 16 heavy (non-hydrogen) atoms. The molecule has 0 fully saturated rings. The highest BCUT2D eigenvalue weighted by atomic mass is 16.5. The topological polar surface area (TPSA) is 26.3 Å². The minimum absolute atomic E-state index is 0.0106. The minimum atomic E-state index is 0.0106. The van der Waals surface area contributed by atoms with Crippen molar-refractivity contribution < 1.29 is 9.53 Å². The Bertz CT molecular complexity index is 187. The Hall–Kier alpha value is -0.530. The van der Waals surface area contributed by atoms with E-state index in [1.54, 1.807) is 0 Å². The predicted octanol–water partition coefficient (Wildman–Crippen LogP) is 4.04. The van der Waals surface area contributed by atoms with E-state index in [4.69, 9.17) is 4.74 Å². The van der Waals surface area contributed by atoms with Gasteiger partial charge in [0.25, 0.3) is 0 Å². The third-order valence-electron chi connectivity index (χ3n) is 3.07. The van der Waals surface area contributed by atoms with Crippen molar-refractivity contribution in [3.8, 4) is 0 Å². The van der Waals surface area contributed by atoms with Gasteiger partial charge in [0.15, 0.2) is 0 Å². The second kappa shape index (κ2) is 8.60. The van der Waals surface area contributed by atoms with Crippen molar-refractivity contribution in [1.82, 2.24) is 0 Å². The molecule has 96 valence electrons. The molecule has 0 aromatic heterocycles. The van der Waals surface area contributed by atoms with Crippen LogP contribution in [0.1, 0.15) is 60.3 Å². The fourth-order valence-corrected chi connectivity index (χ4v) is 2.30. The molecule has 0 radical (unpaired) electrons. The Morgan fingerprint density at radius 3 is 2.19 bits per heavy atom. The number of hydrogen-bond acceptors (Lipinski definition) is 2. The average Bonchev–Trinajstić information content (AvgIpc) is 2.23. The van der Waals surface area contributed by atoms with Gasteiger partial charge >= 0.3 is 5.97 Å². The third kappa shape index (κ3) is 5.53. The van der Waals surface area contributed by atoms with Gasteiger partial charge in [-0.1, -0.05) is 40.5 Å². The van der Waals surface area contributed by atoms with E-state index in [9.17, 15) is 4.79 Å². The van der Waals surface area contributed by atoms with E-state index in [1.165, 1.54) is 0 Å².